The van der Waals surface area contributed by atoms with Gasteiger partial charge in [-0.05, 0) is 17.2 Å². The van der Waals surface area contributed by atoms with Gasteiger partial charge >= 0.3 is 0 Å². The fourth-order valence-electron chi connectivity index (χ4n) is 1.81. The van der Waals surface area contributed by atoms with Crippen molar-refractivity contribution in [3.63, 3.8) is 0 Å². The molecule has 6 heteroatoms. The lowest BCUT2D eigenvalue weighted by molar-refractivity contribution is 0.974. The summed E-state index contributed by atoms with van der Waals surface area (Å²) in [6.07, 6.45) is 1.53. The van der Waals surface area contributed by atoms with Crippen LogP contribution in [0.4, 0.5) is 0 Å². The molecule has 1 aliphatic heterocycles. The molecule has 0 amide bonds. The molecule has 0 fully saturated rings. The van der Waals surface area contributed by atoms with Crippen LogP contribution in [0.3, 0.4) is 0 Å². The van der Waals surface area contributed by atoms with E-state index >= 15 is 0 Å². The van der Waals surface area contributed by atoms with E-state index in [0.29, 0.717) is 18.2 Å². The van der Waals surface area contributed by atoms with Crippen LogP contribution in [-0.2, 0) is 6.54 Å². The van der Waals surface area contributed by atoms with Gasteiger partial charge < -0.3 is 16.8 Å². The summed E-state index contributed by atoms with van der Waals surface area (Å²) in [5.41, 5.74) is 13.3. The van der Waals surface area contributed by atoms with Crippen LogP contribution in [0.2, 0.25) is 0 Å². The SMILES string of the molecule is C=C(N)NC.CC.NC1=NC=NCc2cc(-c3ccccc3)sc21. The zero-order valence-electron chi connectivity index (χ0n) is 14.4. The van der Waals surface area contributed by atoms with Crippen LogP contribution in [0.15, 0.2) is 58.8 Å². The number of amidine groups is 1. The number of fused-ring (bicyclic) bond motifs is 1. The minimum absolute atomic E-state index is 0.505. The van der Waals surface area contributed by atoms with Crippen molar-refractivity contribution < 1.29 is 0 Å². The lowest BCUT2D eigenvalue weighted by Gasteiger charge is -1.95. The highest BCUT2D eigenvalue weighted by molar-refractivity contribution is 7.17. The number of hydrogen-bond donors (Lipinski definition) is 3. The molecule has 128 valence electrons. The Hall–Kier alpha value is -2.60. The Morgan fingerprint density at radius 1 is 1.25 bits per heavy atom. The first-order valence-corrected chi connectivity index (χ1v) is 8.55. The third-order valence-electron chi connectivity index (χ3n) is 2.96. The van der Waals surface area contributed by atoms with Crippen LogP contribution in [0.25, 0.3) is 10.4 Å². The number of aliphatic imine (C=N–C) groups is 2. The van der Waals surface area contributed by atoms with Gasteiger partial charge in [-0.3, -0.25) is 4.99 Å². The molecule has 0 saturated heterocycles. The van der Waals surface area contributed by atoms with E-state index in [1.54, 1.807) is 18.4 Å². The van der Waals surface area contributed by atoms with Crippen molar-refractivity contribution >= 4 is 23.5 Å². The van der Waals surface area contributed by atoms with Gasteiger partial charge in [-0.15, -0.1) is 11.3 Å². The highest BCUT2D eigenvalue weighted by atomic mass is 32.1. The van der Waals surface area contributed by atoms with Crippen molar-refractivity contribution in [1.29, 1.82) is 0 Å². The number of nitrogens with one attached hydrogen (secondary N) is 1. The summed E-state index contributed by atoms with van der Waals surface area (Å²) in [6, 6.07) is 12.4. The predicted octanol–water partition coefficient (Wildman–Crippen LogP) is 3.32. The van der Waals surface area contributed by atoms with Gasteiger partial charge in [0.15, 0.2) is 0 Å². The fourth-order valence-corrected chi connectivity index (χ4v) is 2.90. The quantitative estimate of drug-likeness (QED) is 0.781. The summed E-state index contributed by atoms with van der Waals surface area (Å²) in [4.78, 5) is 10.5. The zero-order valence-corrected chi connectivity index (χ0v) is 15.2. The number of rotatable bonds is 2. The second-order valence-electron chi connectivity index (χ2n) is 4.58. The molecule has 1 aromatic carbocycles. The van der Waals surface area contributed by atoms with Gasteiger partial charge in [0.25, 0.3) is 0 Å². The maximum Gasteiger partial charge on any atom is 0.142 e. The fraction of sp³-hybridized carbons (Fsp3) is 0.222. The average molecular weight is 344 g/mol. The van der Waals surface area contributed by atoms with Crippen LogP contribution in [0.5, 0.6) is 0 Å². The monoisotopic (exact) mass is 343 g/mol. The van der Waals surface area contributed by atoms with Gasteiger partial charge in [0.1, 0.15) is 12.2 Å². The van der Waals surface area contributed by atoms with E-state index in [1.807, 2.05) is 32.0 Å². The van der Waals surface area contributed by atoms with Gasteiger partial charge in [0.2, 0.25) is 0 Å². The Kier molecular flexibility index (Phi) is 8.29. The first kappa shape index (κ1) is 19.4. The third kappa shape index (κ3) is 5.55. The second-order valence-corrected chi connectivity index (χ2v) is 5.63. The maximum atomic E-state index is 5.91. The molecule has 1 aliphatic rings. The molecule has 0 unspecified atom stereocenters. The maximum absolute atomic E-state index is 5.91. The molecular formula is C18H25N5S. The molecule has 2 aromatic rings. The summed E-state index contributed by atoms with van der Waals surface area (Å²) in [5, 5.41) is 2.61. The Morgan fingerprint density at radius 3 is 2.46 bits per heavy atom. The summed E-state index contributed by atoms with van der Waals surface area (Å²) in [5.74, 6) is 1.07. The normalized spacial score (nSPS) is 11.5. The third-order valence-corrected chi connectivity index (χ3v) is 4.21. The van der Waals surface area contributed by atoms with E-state index < -0.39 is 0 Å². The zero-order chi connectivity index (χ0) is 17.9. The Morgan fingerprint density at radius 2 is 1.88 bits per heavy atom. The molecule has 24 heavy (non-hydrogen) atoms. The molecule has 0 aliphatic carbocycles. The molecule has 2 heterocycles. The van der Waals surface area contributed by atoms with Crippen LogP contribution in [0, 0.1) is 0 Å². The van der Waals surface area contributed by atoms with Crippen LogP contribution in [-0.4, -0.2) is 19.2 Å². The largest absolute Gasteiger partial charge is 0.386 e. The summed E-state index contributed by atoms with van der Waals surface area (Å²) in [7, 11) is 1.72. The van der Waals surface area contributed by atoms with Crippen molar-refractivity contribution in [2.45, 2.75) is 20.4 Å². The Balaban J connectivity index is 0.000000356. The highest BCUT2D eigenvalue weighted by Crippen LogP contribution is 2.32. The molecule has 0 saturated carbocycles. The van der Waals surface area contributed by atoms with Crippen LogP contribution in [0.1, 0.15) is 24.3 Å². The van der Waals surface area contributed by atoms with Crippen molar-refractivity contribution in [2.75, 3.05) is 7.05 Å². The van der Waals surface area contributed by atoms with Crippen molar-refractivity contribution in [1.82, 2.24) is 5.32 Å². The van der Waals surface area contributed by atoms with Gasteiger partial charge in [-0.25, -0.2) is 4.99 Å². The van der Waals surface area contributed by atoms with Crippen molar-refractivity contribution in [3.8, 4) is 10.4 Å². The molecule has 5 N–H and O–H groups in total. The second kappa shape index (κ2) is 10.2. The van der Waals surface area contributed by atoms with E-state index in [9.17, 15) is 0 Å². The van der Waals surface area contributed by atoms with Crippen molar-refractivity contribution in [3.05, 3.63) is 59.2 Å². The average Bonchev–Trinajstić information content (AvgIpc) is 2.98. The number of thiophene rings is 1. The predicted molar refractivity (Wildman–Crippen MR) is 106 cm³/mol. The lowest BCUT2D eigenvalue weighted by atomic mass is 10.1. The Bertz CT molecular complexity index is 701. The smallest absolute Gasteiger partial charge is 0.142 e. The van der Waals surface area contributed by atoms with Gasteiger partial charge in [-0.2, -0.15) is 0 Å². The molecular weight excluding hydrogens is 318 g/mol. The summed E-state index contributed by atoms with van der Waals surface area (Å²) in [6.45, 7) is 8.00. The van der Waals surface area contributed by atoms with E-state index in [2.05, 4.69) is 40.1 Å². The molecule has 0 radical (unpaired) electrons. The lowest BCUT2D eigenvalue weighted by Crippen LogP contribution is -2.12. The first-order chi connectivity index (χ1) is 11.6. The standard InChI is InChI=1S/C13H11N3S.C3H8N2.C2H6/c14-13-12-10(7-15-8-16-13)6-11(17-12)9-4-2-1-3-5-9;1-3(4)5-2;1-2/h1-6,8H,7H2,(H2,14,15,16);5H,1,4H2,2H3;1-2H3. The number of benzene rings is 1. The topological polar surface area (TPSA) is 88.8 Å². The van der Waals surface area contributed by atoms with E-state index in [0.717, 1.165) is 10.4 Å². The Labute approximate surface area is 147 Å². The molecule has 3 rings (SSSR count). The summed E-state index contributed by atoms with van der Waals surface area (Å²) < 4.78 is 0. The van der Waals surface area contributed by atoms with E-state index in [1.165, 1.54) is 16.8 Å². The molecule has 0 bridgehead atoms. The minimum Gasteiger partial charge on any atom is -0.386 e. The molecule has 0 spiro atoms. The van der Waals surface area contributed by atoms with E-state index in [-0.39, 0.29) is 0 Å². The van der Waals surface area contributed by atoms with Gasteiger partial charge in [0.05, 0.1) is 17.2 Å². The first-order valence-electron chi connectivity index (χ1n) is 7.74. The number of nitrogens with zero attached hydrogens (tertiary/aromatic N) is 2. The van der Waals surface area contributed by atoms with Crippen molar-refractivity contribution in [2.24, 2.45) is 21.5 Å². The molecule has 5 nitrogen and oxygen atoms in total. The number of hydrogen-bond acceptors (Lipinski definition) is 6. The van der Waals surface area contributed by atoms with E-state index in [4.69, 9.17) is 11.5 Å². The highest BCUT2D eigenvalue weighted by Gasteiger charge is 2.14. The van der Waals surface area contributed by atoms with Crippen LogP contribution < -0.4 is 16.8 Å². The van der Waals surface area contributed by atoms with Gasteiger partial charge in [-0.1, -0.05) is 50.8 Å². The minimum atomic E-state index is 0.505. The van der Waals surface area contributed by atoms with Gasteiger partial charge in [0, 0.05) is 11.9 Å². The number of nitrogens with two attached hydrogens (primary N) is 2. The summed E-state index contributed by atoms with van der Waals surface area (Å²) >= 11 is 1.67. The van der Waals surface area contributed by atoms with Crippen LogP contribution >= 0.6 is 11.3 Å². The molecule has 0 atom stereocenters. The molecule has 1 aromatic heterocycles.